The fourth-order valence-electron chi connectivity index (χ4n) is 1.78. The van der Waals surface area contributed by atoms with E-state index in [2.05, 4.69) is 11.9 Å². The molecule has 0 aliphatic rings. The Hall–Kier alpha value is -0.900. The molecule has 0 radical (unpaired) electrons. The lowest BCUT2D eigenvalue weighted by atomic mass is 9.97. The summed E-state index contributed by atoms with van der Waals surface area (Å²) in [6.07, 6.45) is 4.36. The molecule has 1 aromatic rings. The van der Waals surface area contributed by atoms with Gasteiger partial charge in [0.25, 0.3) is 5.56 Å². The van der Waals surface area contributed by atoms with Crippen molar-refractivity contribution in [3.63, 3.8) is 0 Å². The lowest BCUT2D eigenvalue weighted by Crippen LogP contribution is -2.15. The zero-order chi connectivity index (χ0) is 12.1. The minimum atomic E-state index is -0.266. The van der Waals surface area contributed by atoms with Gasteiger partial charge < -0.3 is 5.11 Å². The van der Waals surface area contributed by atoms with Gasteiger partial charge in [0.05, 0.1) is 10.6 Å². The largest absolute Gasteiger partial charge is 0.499 e. The van der Waals surface area contributed by atoms with Crippen molar-refractivity contribution in [3.05, 3.63) is 20.9 Å². The second-order valence-corrected chi connectivity index (χ2v) is 5.34. The molecule has 1 aromatic heterocycles. The van der Waals surface area contributed by atoms with E-state index in [4.69, 9.17) is 0 Å². The number of hydrogen-bond donors (Lipinski definition) is 1. The molecule has 1 unspecified atom stereocenters. The predicted molar refractivity (Wildman–Crippen MR) is 67.3 cm³/mol. The van der Waals surface area contributed by atoms with Gasteiger partial charge in [-0.05, 0) is 19.3 Å². The summed E-state index contributed by atoms with van der Waals surface area (Å²) in [5.41, 5.74) is 0.226. The minimum absolute atomic E-state index is 0.100. The number of unbranched alkanes of at least 4 members (excludes halogenated alkanes) is 2. The van der Waals surface area contributed by atoms with Crippen LogP contribution < -0.4 is 5.56 Å². The van der Waals surface area contributed by atoms with Crippen molar-refractivity contribution in [3.8, 4) is 5.06 Å². The normalized spacial score (nSPS) is 12.7. The van der Waals surface area contributed by atoms with Crippen LogP contribution in [0.1, 0.15) is 56.0 Å². The van der Waals surface area contributed by atoms with Gasteiger partial charge in [0.15, 0.2) is 5.06 Å². The Labute approximate surface area is 100 Å². The lowest BCUT2D eigenvalue weighted by Gasteiger charge is -2.11. The smallest absolute Gasteiger partial charge is 0.278 e. The van der Waals surface area contributed by atoms with Crippen LogP contribution in [0.3, 0.4) is 0 Å². The van der Waals surface area contributed by atoms with Gasteiger partial charge in [0.2, 0.25) is 0 Å². The first-order valence-electron chi connectivity index (χ1n) is 5.76. The molecule has 4 heteroatoms. The Morgan fingerprint density at radius 1 is 1.44 bits per heavy atom. The first kappa shape index (κ1) is 13.2. The van der Waals surface area contributed by atoms with Gasteiger partial charge >= 0.3 is 0 Å². The van der Waals surface area contributed by atoms with Crippen LogP contribution in [0.4, 0.5) is 0 Å². The van der Waals surface area contributed by atoms with Crippen molar-refractivity contribution >= 4 is 11.3 Å². The molecule has 1 rings (SSSR count). The van der Waals surface area contributed by atoms with Gasteiger partial charge in [-0.3, -0.25) is 4.79 Å². The summed E-state index contributed by atoms with van der Waals surface area (Å²) in [4.78, 5) is 15.6. The molecule has 16 heavy (non-hydrogen) atoms. The number of aromatic hydroxyl groups is 1. The Morgan fingerprint density at radius 2 is 2.12 bits per heavy atom. The molecule has 90 valence electrons. The second kappa shape index (κ2) is 5.99. The third kappa shape index (κ3) is 3.30. The van der Waals surface area contributed by atoms with Gasteiger partial charge in [-0.15, -0.1) is 0 Å². The van der Waals surface area contributed by atoms with E-state index in [0.29, 0.717) is 10.6 Å². The maximum Gasteiger partial charge on any atom is 0.278 e. The van der Waals surface area contributed by atoms with E-state index in [1.807, 2.05) is 6.92 Å². The number of aryl methyl sites for hydroxylation is 1. The average molecular weight is 241 g/mol. The van der Waals surface area contributed by atoms with Crippen molar-refractivity contribution in [2.45, 2.75) is 52.4 Å². The number of aromatic nitrogens is 1. The fourth-order valence-corrected chi connectivity index (χ4v) is 2.59. The first-order chi connectivity index (χ1) is 7.56. The van der Waals surface area contributed by atoms with Gasteiger partial charge in [-0.25, -0.2) is 4.98 Å². The van der Waals surface area contributed by atoms with Gasteiger partial charge in [0.1, 0.15) is 0 Å². The summed E-state index contributed by atoms with van der Waals surface area (Å²) in [6, 6.07) is 0. The van der Waals surface area contributed by atoms with E-state index in [1.54, 1.807) is 6.92 Å². The van der Waals surface area contributed by atoms with Crippen molar-refractivity contribution in [1.82, 2.24) is 4.98 Å². The lowest BCUT2D eigenvalue weighted by molar-refractivity contribution is 0.470. The minimum Gasteiger partial charge on any atom is -0.499 e. The molecule has 0 saturated carbocycles. The number of nitrogens with zero attached hydrogens (tertiary/aromatic N) is 1. The van der Waals surface area contributed by atoms with Crippen LogP contribution in [0, 0.1) is 6.92 Å². The number of hydrogen-bond acceptors (Lipinski definition) is 4. The zero-order valence-corrected chi connectivity index (χ0v) is 10.9. The summed E-state index contributed by atoms with van der Waals surface area (Å²) in [6.45, 7) is 5.86. The highest BCUT2D eigenvalue weighted by molar-refractivity contribution is 7.13. The van der Waals surface area contributed by atoms with Gasteiger partial charge in [-0.1, -0.05) is 44.4 Å². The third-order valence-electron chi connectivity index (χ3n) is 2.70. The maximum atomic E-state index is 11.7. The third-order valence-corrected chi connectivity index (χ3v) is 3.50. The second-order valence-electron chi connectivity index (χ2n) is 4.15. The van der Waals surface area contributed by atoms with E-state index in [9.17, 15) is 9.90 Å². The Kier molecular flexibility index (Phi) is 4.93. The first-order valence-corrected chi connectivity index (χ1v) is 6.58. The molecule has 3 nitrogen and oxygen atoms in total. The fraction of sp³-hybridized carbons (Fsp3) is 0.667. The molecule has 0 fully saturated rings. The van der Waals surface area contributed by atoms with Crippen molar-refractivity contribution in [2.24, 2.45) is 0 Å². The Balaban J connectivity index is 2.83. The van der Waals surface area contributed by atoms with Crippen molar-refractivity contribution in [1.29, 1.82) is 0 Å². The quantitative estimate of drug-likeness (QED) is 0.805. The zero-order valence-electron chi connectivity index (χ0n) is 10.1. The summed E-state index contributed by atoms with van der Waals surface area (Å²) in [5.74, 6) is 0.100. The van der Waals surface area contributed by atoms with Crippen LogP contribution in [0.25, 0.3) is 0 Å². The Bertz CT molecular complexity index is 400. The standard InChI is InChI=1S/C12H19NO2S/c1-4-5-6-7-8(2)10-11(14)13-9(3)16-12(10)15/h8,15H,4-7H2,1-3H3. The van der Waals surface area contributed by atoms with E-state index >= 15 is 0 Å². The van der Waals surface area contributed by atoms with Gasteiger partial charge in [0, 0.05) is 0 Å². The van der Waals surface area contributed by atoms with Crippen LogP contribution >= 0.6 is 11.3 Å². The molecule has 0 saturated heterocycles. The number of rotatable bonds is 5. The Morgan fingerprint density at radius 3 is 2.69 bits per heavy atom. The highest BCUT2D eigenvalue weighted by Crippen LogP contribution is 2.29. The molecule has 1 N–H and O–H groups in total. The topological polar surface area (TPSA) is 50.2 Å². The molecule has 0 bridgehead atoms. The van der Waals surface area contributed by atoms with Gasteiger partial charge in [-0.2, -0.15) is 0 Å². The predicted octanol–water partition coefficient (Wildman–Crippen LogP) is 3.20. The molecule has 0 aliphatic carbocycles. The van der Waals surface area contributed by atoms with Crippen molar-refractivity contribution in [2.75, 3.05) is 0 Å². The highest BCUT2D eigenvalue weighted by Gasteiger charge is 2.16. The SMILES string of the molecule is CCCCCC(C)c1c(O)sc(C)nc1=O. The van der Waals surface area contributed by atoms with E-state index in [1.165, 1.54) is 17.8 Å². The van der Waals surface area contributed by atoms with Crippen LogP contribution in [0.5, 0.6) is 5.06 Å². The average Bonchev–Trinajstić information content (AvgIpc) is 2.16. The molecule has 0 spiro atoms. The van der Waals surface area contributed by atoms with Crippen LogP contribution in [-0.4, -0.2) is 10.1 Å². The van der Waals surface area contributed by atoms with E-state index in [-0.39, 0.29) is 16.5 Å². The molecular weight excluding hydrogens is 222 g/mol. The van der Waals surface area contributed by atoms with Crippen LogP contribution in [0.15, 0.2) is 4.79 Å². The van der Waals surface area contributed by atoms with Crippen LogP contribution in [-0.2, 0) is 0 Å². The molecule has 0 aliphatic heterocycles. The molecule has 1 heterocycles. The highest BCUT2D eigenvalue weighted by atomic mass is 32.1. The molecule has 1 atom stereocenters. The monoisotopic (exact) mass is 241 g/mol. The van der Waals surface area contributed by atoms with E-state index in [0.717, 1.165) is 19.3 Å². The molecule has 0 amide bonds. The van der Waals surface area contributed by atoms with Crippen LogP contribution in [0.2, 0.25) is 0 Å². The summed E-state index contributed by atoms with van der Waals surface area (Å²) in [5, 5.41) is 10.5. The summed E-state index contributed by atoms with van der Waals surface area (Å²) in [7, 11) is 0. The summed E-state index contributed by atoms with van der Waals surface area (Å²) >= 11 is 1.18. The molecule has 0 aromatic carbocycles. The van der Waals surface area contributed by atoms with E-state index < -0.39 is 0 Å². The summed E-state index contributed by atoms with van der Waals surface area (Å²) < 4.78 is 0. The maximum absolute atomic E-state index is 11.7. The van der Waals surface area contributed by atoms with Crippen molar-refractivity contribution < 1.29 is 5.11 Å². The molecular formula is C12H19NO2S.